The average molecular weight is 363 g/mol. The molecule has 0 bridgehead atoms. The Balaban J connectivity index is 3.23. The van der Waals surface area contributed by atoms with E-state index in [0.29, 0.717) is 0 Å². The van der Waals surface area contributed by atoms with Gasteiger partial charge in [0.05, 0.1) is 12.2 Å². The zero-order valence-corrected chi connectivity index (χ0v) is 13.4. The maximum atomic E-state index is 12.1. The van der Waals surface area contributed by atoms with Gasteiger partial charge in [-0.25, -0.2) is 4.79 Å². The number of ether oxygens (including phenoxy) is 2. The van der Waals surface area contributed by atoms with Crippen molar-refractivity contribution < 1.29 is 19.1 Å². The van der Waals surface area contributed by atoms with Gasteiger partial charge in [-0.15, -0.1) is 0 Å². The van der Waals surface area contributed by atoms with Crippen LogP contribution in [0, 0.1) is 0 Å². The van der Waals surface area contributed by atoms with Gasteiger partial charge in [-0.3, -0.25) is 23.5 Å². The van der Waals surface area contributed by atoms with E-state index in [2.05, 4.69) is 15.9 Å². The fourth-order valence-corrected chi connectivity index (χ4v) is 2.19. The number of carbonyl (C=O) groups is 2. The summed E-state index contributed by atoms with van der Waals surface area (Å²) in [5, 5.41) is 0. The van der Waals surface area contributed by atoms with E-state index < -0.39 is 23.2 Å². The van der Waals surface area contributed by atoms with E-state index in [1.807, 2.05) is 0 Å². The van der Waals surface area contributed by atoms with Crippen molar-refractivity contribution in [1.82, 2.24) is 9.13 Å². The van der Waals surface area contributed by atoms with Crippen LogP contribution in [0.15, 0.2) is 14.1 Å². The van der Waals surface area contributed by atoms with Gasteiger partial charge in [0.2, 0.25) is 0 Å². The maximum absolute atomic E-state index is 12.1. The normalized spacial score (nSPS) is 10.3. The molecule has 21 heavy (non-hydrogen) atoms. The Bertz CT molecular complexity index is 676. The van der Waals surface area contributed by atoms with E-state index in [0.717, 1.165) is 4.57 Å². The molecule has 0 aliphatic carbocycles. The molecule has 116 valence electrons. The highest BCUT2D eigenvalue weighted by Crippen LogP contribution is 2.11. The van der Waals surface area contributed by atoms with Crippen LogP contribution in [0.2, 0.25) is 0 Å². The predicted octanol–water partition coefficient (Wildman–Crippen LogP) is -0.0643. The van der Waals surface area contributed by atoms with Crippen LogP contribution in [0.1, 0.15) is 19.5 Å². The van der Waals surface area contributed by atoms with Gasteiger partial charge >= 0.3 is 17.6 Å². The molecular formula is C12H15BrN2O6. The predicted molar refractivity (Wildman–Crippen MR) is 75.7 cm³/mol. The van der Waals surface area contributed by atoms with Crippen molar-refractivity contribution in [2.45, 2.75) is 27.0 Å². The standard InChI is InChI=1S/C12H15BrN2O6/c1-7(16)20-5-4-15-9(6-21-8(2)17)10(13)11(18)14(3)12(15)19/h4-6H2,1-3H3. The Morgan fingerprint density at radius 1 is 1.14 bits per heavy atom. The third-order valence-corrected chi connectivity index (χ3v) is 3.42. The van der Waals surface area contributed by atoms with Gasteiger partial charge in [-0.05, 0) is 15.9 Å². The van der Waals surface area contributed by atoms with Crippen LogP contribution in [0.25, 0.3) is 0 Å². The molecule has 0 aliphatic rings. The number of hydrogen-bond donors (Lipinski definition) is 0. The molecule has 0 amide bonds. The van der Waals surface area contributed by atoms with Crippen molar-refractivity contribution in [2.24, 2.45) is 7.05 Å². The van der Waals surface area contributed by atoms with Gasteiger partial charge in [-0.2, -0.15) is 0 Å². The molecule has 0 unspecified atom stereocenters. The molecule has 1 aromatic heterocycles. The van der Waals surface area contributed by atoms with Crippen LogP contribution in [-0.4, -0.2) is 27.7 Å². The quantitative estimate of drug-likeness (QED) is 0.680. The molecule has 0 fully saturated rings. The summed E-state index contributed by atoms with van der Waals surface area (Å²) >= 11 is 3.09. The molecule has 8 nitrogen and oxygen atoms in total. The van der Waals surface area contributed by atoms with Crippen LogP contribution >= 0.6 is 15.9 Å². The summed E-state index contributed by atoms with van der Waals surface area (Å²) in [7, 11) is 1.33. The van der Waals surface area contributed by atoms with E-state index in [4.69, 9.17) is 9.47 Å². The minimum Gasteiger partial charge on any atom is -0.464 e. The third kappa shape index (κ3) is 4.28. The molecule has 0 N–H and O–H groups in total. The molecule has 0 spiro atoms. The summed E-state index contributed by atoms with van der Waals surface area (Å²) < 4.78 is 11.9. The van der Waals surface area contributed by atoms with Crippen LogP contribution in [0.5, 0.6) is 0 Å². The summed E-state index contributed by atoms with van der Waals surface area (Å²) in [6, 6.07) is 0. The Kier molecular flexibility index (Phi) is 5.89. The molecule has 1 aromatic rings. The lowest BCUT2D eigenvalue weighted by atomic mass is 10.4. The highest BCUT2D eigenvalue weighted by molar-refractivity contribution is 9.10. The lowest BCUT2D eigenvalue weighted by Crippen LogP contribution is -2.41. The Morgan fingerprint density at radius 2 is 1.71 bits per heavy atom. The number of aromatic nitrogens is 2. The molecule has 1 heterocycles. The van der Waals surface area contributed by atoms with Crippen molar-refractivity contribution in [1.29, 1.82) is 0 Å². The number of rotatable bonds is 5. The van der Waals surface area contributed by atoms with Crippen molar-refractivity contribution in [3.8, 4) is 0 Å². The van der Waals surface area contributed by atoms with Crippen LogP contribution in [0.4, 0.5) is 0 Å². The van der Waals surface area contributed by atoms with Crippen LogP contribution in [-0.2, 0) is 39.3 Å². The lowest BCUT2D eigenvalue weighted by molar-refractivity contribution is -0.142. The molecule has 0 aromatic carbocycles. The molecule has 0 radical (unpaired) electrons. The van der Waals surface area contributed by atoms with Crippen LogP contribution < -0.4 is 11.2 Å². The molecule has 9 heteroatoms. The first-order valence-electron chi connectivity index (χ1n) is 6.00. The number of carbonyl (C=O) groups excluding carboxylic acids is 2. The molecule has 0 saturated carbocycles. The fourth-order valence-electron chi connectivity index (χ4n) is 1.60. The molecule has 0 aliphatic heterocycles. The lowest BCUT2D eigenvalue weighted by Gasteiger charge is -2.15. The second kappa shape index (κ2) is 7.21. The third-order valence-electron chi connectivity index (χ3n) is 2.62. The Labute approximate surface area is 128 Å². The summed E-state index contributed by atoms with van der Waals surface area (Å²) in [6.45, 7) is 2.24. The topological polar surface area (TPSA) is 96.6 Å². The second-order valence-corrected chi connectivity index (χ2v) is 4.97. The fraction of sp³-hybridized carbons (Fsp3) is 0.500. The van der Waals surface area contributed by atoms with Gasteiger partial charge in [-0.1, -0.05) is 0 Å². The largest absolute Gasteiger partial charge is 0.464 e. The van der Waals surface area contributed by atoms with Crippen molar-refractivity contribution >= 4 is 27.9 Å². The highest BCUT2D eigenvalue weighted by Gasteiger charge is 2.16. The summed E-state index contributed by atoms with van der Waals surface area (Å²) in [5.74, 6) is -1.02. The van der Waals surface area contributed by atoms with Crippen molar-refractivity contribution in [3.05, 3.63) is 31.0 Å². The minimum absolute atomic E-state index is 0.0348. The first kappa shape index (κ1) is 17.2. The second-order valence-electron chi connectivity index (χ2n) is 4.18. The van der Waals surface area contributed by atoms with E-state index in [1.165, 1.54) is 25.5 Å². The first-order chi connectivity index (χ1) is 9.75. The number of esters is 2. The van der Waals surface area contributed by atoms with Crippen molar-refractivity contribution in [2.75, 3.05) is 6.61 Å². The van der Waals surface area contributed by atoms with E-state index in [-0.39, 0.29) is 29.9 Å². The summed E-state index contributed by atoms with van der Waals surface area (Å²) in [5.41, 5.74) is -0.908. The maximum Gasteiger partial charge on any atom is 0.331 e. The molecular weight excluding hydrogens is 348 g/mol. The van der Waals surface area contributed by atoms with E-state index in [9.17, 15) is 19.2 Å². The van der Waals surface area contributed by atoms with Crippen LogP contribution in [0.3, 0.4) is 0 Å². The molecule has 0 saturated heterocycles. The number of nitrogens with zero attached hydrogens (tertiary/aromatic N) is 2. The Hall–Kier alpha value is -1.90. The van der Waals surface area contributed by atoms with Gasteiger partial charge in [0.25, 0.3) is 5.56 Å². The zero-order valence-electron chi connectivity index (χ0n) is 11.8. The SMILES string of the molecule is CC(=O)OCCn1c(COC(C)=O)c(Br)c(=O)n(C)c1=O. The van der Waals surface area contributed by atoms with Gasteiger partial charge in [0.15, 0.2) is 0 Å². The average Bonchev–Trinajstić information content (AvgIpc) is 2.40. The molecule has 0 atom stereocenters. The van der Waals surface area contributed by atoms with E-state index >= 15 is 0 Å². The summed E-state index contributed by atoms with van der Waals surface area (Å²) in [4.78, 5) is 45.6. The summed E-state index contributed by atoms with van der Waals surface area (Å²) in [6.07, 6.45) is 0. The molecule has 1 rings (SSSR count). The van der Waals surface area contributed by atoms with Gasteiger partial charge < -0.3 is 9.47 Å². The van der Waals surface area contributed by atoms with Gasteiger partial charge in [0.1, 0.15) is 17.7 Å². The van der Waals surface area contributed by atoms with E-state index in [1.54, 1.807) is 0 Å². The number of halogens is 1. The Morgan fingerprint density at radius 3 is 2.24 bits per heavy atom. The minimum atomic E-state index is -0.586. The smallest absolute Gasteiger partial charge is 0.331 e. The number of hydrogen-bond acceptors (Lipinski definition) is 6. The van der Waals surface area contributed by atoms with Gasteiger partial charge in [0, 0.05) is 20.9 Å². The zero-order chi connectivity index (χ0) is 16.2. The van der Waals surface area contributed by atoms with Crippen molar-refractivity contribution in [3.63, 3.8) is 0 Å². The first-order valence-corrected chi connectivity index (χ1v) is 6.80. The monoisotopic (exact) mass is 362 g/mol. The highest BCUT2D eigenvalue weighted by atomic mass is 79.9.